The van der Waals surface area contributed by atoms with Gasteiger partial charge in [0.2, 0.25) is 11.7 Å². The van der Waals surface area contributed by atoms with Gasteiger partial charge in [0.15, 0.2) is 6.10 Å². The van der Waals surface area contributed by atoms with E-state index >= 15 is 0 Å². The number of hydrogen-bond acceptors (Lipinski definition) is 7. The molecule has 0 unspecified atom stereocenters. The number of aliphatic hydroxyl groups is 3. The van der Waals surface area contributed by atoms with Crippen molar-refractivity contribution in [1.29, 1.82) is 0 Å². The predicted octanol–water partition coefficient (Wildman–Crippen LogP) is -0.189. The molecule has 0 saturated carbocycles. The molecule has 0 bridgehead atoms. The number of carboxylic acids is 1. The maximum absolute atomic E-state index is 11.6. The SMILES string of the molecule is CC(=O)N[C@H]1[C@H]([C@H](O)[C@H](O)CO)OC(C(=O)O)=C[C@@H]1OCc1ccc(Cl)cc1. The van der Waals surface area contributed by atoms with Gasteiger partial charge in [0.25, 0.3) is 0 Å². The molecule has 1 heterocycles. The van der Waals surface area contributed by atoms with Crippen LogP contribution in [0.1, 0.15) is 12.5 Å². The predicted molar refractivity (Wildman–Crippen MR) is 97.3 cm³/mol. The number of amides is 1. The molecule has 5 atom stereocenters. The molecule has 0 aromatic heterocycles. The largest absolute Gasteiger partial charge is 0.478 e. The van der Waals surface area contributed by atoms with Crippen LogP contribution < -0.4 is 5.32 Å². The molecule has 1 aliphatic heterocycles. The Bertz CT molecular complexity index is 723. The van der Waals surface area contributed by atoms with Crippen molar-refractivity contribution in [3.8, 4) is 0 Å². The molecule has 1 aromatic rings. The van der Waals surface area contributed by atoms with Gasteiger partial charge in [-0.3, -0.25) is 4.79 Å². The molecule has 28 heavy (non-hydrogen) atoms. The third-order valence-electron chi connectivity index (χ3n) is 4.14. The molecule has 0 radical (unpaired) electrons. The lowest BCUT2D eigenvalue weighted by atomic mass is 9.93. The minimum absolute atomic E-state index is 0.0622. The maximum atomic E-state index is 11.6. The number of ether oxygens (including phenoxy) is 2. The Morgan fingerprint density at radius 3 is 2.46 bits per heavy atom. The molecular weight excluding hydrogens is 394 g/mol. The standard InChI is InChI=1S/C18H22ClNO8/c1-9(22)20-15-13(27-8-10-2-4-11(19)5-3-10)6-14(18(25)26)28-17(15)16(24)12(23)7-21/h2-6,12-13,15-17,21,23-24H,7-8H2,1H3,(H,20,22)(H,25,26)/t12-,13+,15-,16-,17-/m1/s1. The summed E-state index contributed by atoms with van der Waals surface area (Å²) in [5.41, 5.74) is 0.746. The van der Waals surface area contributed by atoms with Gasteiger partial charge in [-0.05, 0) is 23.8 Å². The summed E-state index contributed by atoms with van der Waals surface area (Å²) >= 11 is 5.84. The summed E-state index contributed by atoms with van der Waals surface area (Å²) in [5.74, 6) is -2.38. The minimum Gasteiger partial charge on any atom is -0.478 e. The monoisotopic (exact) mass is 415 g/mol. The zero-order chi connectivity index (χ0) is 20.8. The summed E-state index contributed by atoms with van der Waals surface area (Å²) in [7, 11) is 0. The summed E-state index contributed by atoms with van der Waals surface area (Å²) in [4.78, 5) is 23.0. The first kappa shape index (κ1) is 22.1. The average Bonchev–Trinajstić information content (AvgIpc) is 2.66. The molecule has 2 rings (SSSR count). The quantitative estimate of drug-likeness (QED) is 0.393. The molecule has 0 fully saturated rings. The van der Waals surface area contributed by atoms with Crippen LogP contribution in [0, 0.1) is 0 Å². The van der Waals surface area contributed by atoms with Crippen LogP contribution in [0.3, 0.4) is 0 Å². The normalized spacial score (nSPS) is 23.9. The molecule has 0 aliphatic carbocycles. The van der Waals surface area contributed by atoms with E-state index in [0.717, 1.165) is 5.56 Å². The molecule has 1 amide bonds. The Kier molecular flexibility index (Phi) is 7.78. The second kappa shape index (κ2) is 9.85. The highest BCUT2D eigenvalue weighted by atomic mass is 35.5. The van der Waals surface area contributed by atoms with E-state index in [4.69, 9.17) is 26.2 Å². The third kappa shape index (κ3) is 5.66. The number of carbonyl (C=O) groups is 2. The van der Waals surface area contributed by atoms with E-state index in [9.17, 15) is 24.9 Å². The van der Waals surface area contributed by atoms with Crippen molar-refractivity contribution in [2.45, 2.75) is 44.0 Å². The van der Waals surface area contributed by atoms with Crippen LogP contribution in [-0.4, -0.2) is 69.4 Å². The van der Waals surface area contributed by atoms with Crippen LogP contribution in [0.4, 0.5) is 0 Å². The fourth-order valence-corrected chi connectivity index (χ4v) is 2.88. The summed E-state index contributed by atoms with van der Waals surface area (Å²) in [5, 5.41) is 41.5. The highest BCUT2D eigenvalue weighted by Gasteiger charge is 2.44. The van der Waals surface area contributed by atoms with E-state index in [1.54, 1.807) is 24.3 Å². The van der Waals surface area contributed by atoms with Crippen LogP contribution in [0.5, 0.6) is 0 Å². The summed E-state index contributed by atoms with van der Waals surface area (Å²) in [6, 6.07) is 5.76. The fourth-order valence-electron chi connectivity index (χ4n) is 2.75. The van der Waals surface area contributed by atoms with Crippen molar-refractivity contribution in [2.24, 2.45) is 0 Å². The topological polar surface area (TPSA) is 146 Å². The van der Waals surface area contributed by atoms with Crippen molar-refractivity contribution in [2.75, 3.05) is 6.61 Å². The zero-order valence-corrected chi connectivity index (χ0v) is 15.7. The zero-order valence-electron chi connectivity index (χ0n) is 15.0. The molecule has 5 N–H and O–H groups in total. The average molecular weight is 416 g/mol. The number of aliphatic carboxylic acids is 1. The van der Waals surface area contributed by atoms with Crippen molar-refractivity contribution >= 4 is 23.5 Å². The lowest BCUT2D eigenvalue weighted by molar-refractivity contribution is -0.152. The smallest absolute Gasteiger partial charge is 0.370 e. The number of rotatable bonds is 8. The van der Waals surface area contributed by atoms with Gasteiger partial charge < -0.3 is 35.2 Å². The Morgan fingerprint density at radius 2 is 1.93 bits per heavy atom. The van der Waals surface area contributed by atoms with Gasteiger partial charge in [0.1, 0.15) is 18.3 Å². The number of carbonyl (C=O) groups excluding carboxylic acids is 1. The van der Waals surface area contributed by atoms with Crippen LogP contribution in [0.25, 0.3) is 0 Å². The molecule has 154 valence electrons. The number of aliphatic hydroxyl groups excluding tert-OH is 3. The number of halogens is 1. The first-order chi connectivity index (χ1) is 13.2. The molecule has 0 saturated heterocycles. The van der Waals surface area contributed by atoms with Crippen molar-refractivity contribution < 1.29 is 39.5 Å². The van der Waals surface area contributed by atoms with Crippen LogP contribution in [0.2, 0.25) is 5.02 Å². The Morgan fingerprint density at radius 1 is 1.29 bits per heavy atom. The van der Waals surface area contributed by atoms with E-state index in [-0.39, 0.29) is 6.61 Å². The molecule has 0 spiro atoms. The van der Waals surface area contributed by atoms with Gasteiger partial charge in [-0.15, -0.1) is 0 Å². The van der Waals surface area contributed by atoms with Crippen molar-refractivity contribution in [1.82, 2.24) is 5.32 Å². The van der Waals surface area contributed by atoms with Gasteiger partial charge in [0, 0.05) is 11.9 Å². The van der Waals surface area contributed by atoms with Gasteiger partial charge in [-0.1, -0.05) is 23.7 Å². The molecule has 10 heteroatoms. The lowest BCUT2D eigenvalue weighted by Crippen LogP contribution is -2.60. The van der Waals surface area contributed by atoms with E-state index in [1.165, 1.54) is 13.0 Å². The second-order valence-corrected chi connectivity index (χ2v) is 6.72. The highest BCUT2D eigenvalue weighted by molar-refractivity contribution is 6.30. The first-order valence-electron chi connectivity index (χ1n) is 8.44. The number of carboxylic acid groups (broad SMARTS) is 1. The Balaban J connectivity index is 2.29. The lowest BCUT2D eigenvalue weighted by Gasteiger charge is -2.39. The van der Waals surface area contributed by atoms with Gasteiger partial charge >= 0.3 is 5.97 Å². The van der Waals surface area contributed by atoms with Gasteiger partial charge in [0.05, 0.1) is 19.3 Å². The highest BCUT2D eigenvalue weighted by Crippen LogP contribution is 2.25. The van der Waals surface area contributed by atoms with Crippen molar-refractivity contribution in [3.63, 3.8) is 0 Å². The van der Waals surface area contributed by atoms with E-state index in [2.05, 4.69) is 5.32 Å². The first-order valence-corrected chi connectivity index (χ1v) is 8.82. The Hall–Kier alpha value is -2.17. The summed E-state index contributed by atoms with van der Waals surface area (Å²) < 4.78 is 11.0. The van der Waals surface area contributed by atoms with Crippen LogP contribution in [0.15, 0.2) is 36.1 Å². The summed E-state index contributed by atoms with van der Waals surface area (Å²) in [6.45, 7) is 0.515. The van der Waals surface area contributed by atoms with E-state index < -0.39 is 54.7 Å². The second-order valence-electron chi connectivity index (χ2n) is 6.29. The Labute approximate surface area is 166 Å². The number of nitrogens with one attached hydrogen (secondary N) is 1. The van der Waals surface area contributed by atoms with Crippen LogP contribution >= 0.6 is 11.6 Å². The third-order valence-corrected chi connectivity index (χ3v) is 4.39. The maximum Gasteiger partial charge on any atom is 0.370 e. The van der Waals surface area contributed by atoms with E-state index in [0.29, 0.717) is 5.02 Å². The van der Waals surface area contributed by atoms with Crippen molar-refractivity contribution in [3.05, 3.63) is 46.7 Å². The van der Waals surface area contributed by atoms with Gasteiger partial charge in [-0.2, -0.15) is 0 Å². The molecule has 1 aliphatic rings. The fraction of sp³-hybridized carbons (Fsp3) is 0.444. The van der Waals surface area contributed by atoms with Crippen LogP contribution in [-0.2, 0) is 25.7 Å². The number of benzene rings is 1. The minimum atomic E-state index is -1.67. The van der Waals surface area contributed by atoms with Gasteiger partial charge in [-0.25, -0.2) is 4.79 Å². The molecule has 1 aromatic carbocycles. The summed E-state index contributed by atoms with van der Waals surface area (Å²) in [6.07, 6.45) is -4.45. The van der Waals surface area contributed by atoms with E-state index in [1.807, 2.05) is 0 Å². The molecule has 9 nitrogen and oxygen atoms in total. The number of hydrogen-bond donors (Lipinski definition) is 5. The molecular formula is C18H22ClNO8.